The zero-order valence-electron chi connectivity index (χ0n) is 11.3. The van der Waals surface area contributed by atoms with Crippen molar-refractivity contribution in [1.29, 1.82) is 5.26 Å². The van der Waals surface area contributed by atoms with Crippen molar-refractivity contribution >= 4 is 27.8 Å². The third kappa shape index (κ3) is 3.25. The number of nitrogens with one attached hydrogen (secondary N) is 2. The highest BCUT2D eigenvalue weighted by molar-refractivity contribution is 7.91. The molecule has 122 valence electrons. The van der Waals surface area contributed by atoms with Crippen molar-refractivity contribution in [3.8, 4) is 17.6 Å². The van der Waals surface area contributed by atoms with Crippen LogP contribution in [0.15, 0.2) is 12.1 Å². The molecule has 11 nitrogen and oxygen atoms in total. The molecule has 1 aromatic rings. The first-order chi connectivity index (χ1) is 10.6. The summed E-state index contributed by atoms with van der Waals surface area (Å²) in [6.45, 7) is -0.121. The summed E-state index contributed by atoms with van der Waals surface area (Å²) in [4.78, 5) is 23.5. The fourth-order valence-corrected chi connectivity index (χ4v) is 2.58. The van der Waals surface area contributed by atoms with Crippen LogP contribution in [0.1, 0.15) is 5.56 Å². The molecule has 3 amide bonds. The van der Waals surface area contributed by atoms with Crippen molar-refractivity contribution in [3.63, 3.8) is 0 Å². The standard InChI is InChI=1S/C11H11N5O6S/c12-3-5-1-8(17)9(18)2-7(5)14-23(21,22)15-11(20)16-4-6(13)10(16)19/h1-2,6,14,17-18H,4,13H2,(H,15,20). The maximum absolute atomic E-state index is 11.8. The number of imide groups is 1. The highest BCUT2D eigenvalue weighted by atomic mass is 32.2. The van der Waals surface area contributed by atoms with Crippen LogP contribution in [0.5, 0.6) is 11.5 Å². The van der Waals surface area contributed by atoms with Crippen LogP contribution in [-0.2, 0) is 15.0 Å². The third-order valence-electron chi connectivity index (χ3n) is 2.91. The van der Waals surface area contributed by atoms with Gasteiger partial charge in [-0.15, -0.1) is 0 Å². The van der Waals surface area contributed by atoms with Crippen LogP contribution in [0.4, 0.5) is 10.5 Å². The Balaban J connectivity index is 2.16. The van der Waals surface area contributed by atoms with Crippen molar-refractivity contribution in [3.05, 3.63) is 17.7 Å². The number of anilines is 1. The fourth-order valence-electron chi connectivity index (χ4n) is 1.73. The highest BCUT2D eigenvalue weighted by Crippen LogP contribution is 2.31. The third-order valence-corrected chi connectivity index (χ3v) is 3.84. The molecule has 1 aliphatic heterocycles. The molecule has 0 aliphatic carbocycles. The molecule has 1 unspecified atom stereocenters. The smallest absolute Gasteiger partial charge is 0.339 e. The largest absolute Gasteiger partial charge is 0.504 e. The predicted molar refractivity (Wildman–Crippen MR) is 75.2 cm³/mol. The maximum Gasteiger partial charge on any atom is 0.339 e. The van der Waals surface area contributed by atoms with Crippen LogP contribution < -0.4 is 15.2 Å². The lowest BCUT2D eigenvalue weighted by Crippen LogP contribution is -2.65. The van der Waals surface area contributed by atoms with Crippen molar-refractivity contribution in [2.24, 2.45) is 5.73 Å². The summed E-state index contributed by atoms with van der Waals surface area (Å²) >= 11 is 0. The van der Waals surface area contributed by atoms with E-state index >= 15 is 0 Å². The number of hydrogen-bond acceptors (Lipinski definition) is 8. The number of aromatic hydroxyl groups is 2. The van der Waals surface area contributed by atoms with Gasteiger partial charge in [0.2, 0.25) is 5.91 Å². The van der Waals surface area contributed by atoms with Gasteiger partial charge in [0.15, 0.2) is 11.5 Å². The molecular formula is C11H11N5O6S. The molecule has 0 radical (unpaired) electrons. The molecular weight excluding hydrogens is 330 g/mol. The summed E-state index contributed by atoms with van der Waals surface area (Å²) in [7, 11) is -4.49. The van der Waals surface area contributed by atoms with Crippen LogP contribution in [0, 0.1) is 11.3 Å². The minimum Gasteiger partial charge on any atom is -0.504 e. The first-order valence-electron chi connectivity index (χ1n) is 6.02. The first-order valence-corrected chi connectivity index (χ1v) is 7.50. The highest BCUT2D eigenvalue weighted by Gasteiger charge is 2.39. The molecule has 1 heterocycles. The zero-order chi connectivity index (χ0) is 17.4. The summed E-state index contributed by atoms with van der Waals surface area (Å²) in [6, 6.07) is 1.19. The minimum atomic E-state index is -4.49. The van der Waals surface area contributed by atoms with Gasteiger partial charge in [0.1, 0.15) is 12.1 Å². The van der Waals surface area contributed by atoms with Gasteiger partial charge in [-0.2, -0.15) is 13.7 Å². The van der Waals surface area contributed by atoms with Crippen molar-refractivity contribution < 1.29 is 28.2 Å². The summed E-state index contributed by atoms with van der Waals surface area (Å²) in [5.41, 5.74) is 4.62. The Morgan fingerprint density at radius 1 is 1.39 bits per heavy atom. The van der Waals surface area contributed by atoms with E-state index < -0.39 is 39.7 Å². The van der Waals surface area contributed by atoms with Gasteiger partial charge in [0.05, 0.1) is 17.8 Å². The Morgan fingerprint density at radius 3 is 2.52 bits per heavy atom. The molecule has 12 heteroatoms. The number of phenolic OH excluding ortho intramolecular Hbond substituents is 2. The average Bonchev–Trinajstić information content (AvgIpc) is 2.46. The molecule has 1 atom stereocenters. The molecule has 1 fully saturated rings. The second kappa shape index (κ2) is 5.63. The SMILES string of the molecule is N#Cc1cc(O)c(O)cc1NS(=O)(=O)NC(=O)N1CC(N)C1=O. The second-order valence-electron chi connectivity index (χ2n) is 4.57. The molecule has 0 aromatic heterocycles. The normalized spacial score (nSPS) is 17.1. The van der Waals surface area contributed by atoms with E-state index in [0.29, 0.717) is 4.90 Å². The molecule has 0 saturated carbocycles. The molecule has 1 aromatic carbocycles. The number of benzene rings is 1. The molecule has 0 bridgehead atoms. The number of carbonyl (C=O) groups excluding carboxylic acids is 2. The number of likely N-dealkylation sites (tertiary alicyclic amines) is 1. The van der Waals surface area contributed by atoms with Gasteiger partial charge in [-0.3, -0.25) is 14.4 Å². The zero-order valence-corrected chi connectivity index (χ0v) is 12.2. The molecule has 2 rings (SSSR count). The van der Waals surface area contributed by atoms with Gasteiger partial charge >= 0.3 is 16.2 Å². The number of phenols is 2. The lowest BCUT2D eigenvalue weighted by Gasteiger charge is -2.33. The lowest BCUT2D eigenvalue weighted by atomic mass is 10.1. The number of amides is 3. The van der Waals surface area contributed by atoms with Gasteiger partial charge in [-0.1, -0.05) is 0 Å². The topological polar surface area (TPSA) is 186 Å². The Morgan fingerprint density at radius 2 is 2.00 bits per heavy atom. The van der Waals surface area contributed by atoms with E-state index in [2.05, 4.69) is 0 Å². The number of β-lactam (4-membered cyclic amide) rings is 1. The first kappa shape index (κ1) is 16.3. The second-order valence-corrected chi connectivity index (χ2v) is 5.98. The number of nitriles is 1. The quantitative estimate of drug-likeness (QED) is 0.250. The predicted octanol–water partition coefficient (Wildman–Crippen LogP) is -1.49. The van der Waals surface area contributed by atoms with Gasteiger partial charge < -0.3 is 15.9 Å². The Bertz CT molecular complexity index is 830. The van der Waals surface area contributed by atoms with Crippen LogP contribution in [0.3, 0.4) is 0 Å². The number of urea groups is 1. The number of carbonyl (C=O) groups is 2. The molecule has 1 saturated heterocycles. The molecule has 1 aliphatic rings. The number of hydrogen-bond donors (Lipinski definition) is 5. The lowest BCUT2D eigenvalue weighted by molar-refractivity contribution is -0.137. The van der Waals surface area contributed by atoms with E-state index in [1.807, 2.05) is 4.72 Å². The van der Waals surface area contributed by atoms with Gasteiger partial charge in [-0.05, 0) is 0 Å². The summed E-state index contributed by atoms with van der Waals surface area (Å²) < 4.78 is 27.1. The number of nitrogens with zero attached hydrogens (tertiary/aromatic N) is 2. The Hall–Kier alpha value is -3.04. The van der Waals surface area contributed by atoms with E-state index in [1.54, 1.807) is 10.8 Å². The van der Waals surface area contributed by atoms with E-state index in [4.69, 9.17) is 11.0 Å². The van der Waals surface area contributed by atoms with Crippen LogP contribution in [0.2, 0.25) is 0 Å². The van der Waals surface area contributed by atoms with Crippen molar-refractivity contribution in [2.45, 2.75) is 6.04 Å². The van der Waals surface area contributed by atoms with Crippen molar-refractivity contribution in [1.82, 2.24) is 9.62 Å². The summed E-state index contributed by atoms with van der Waals surface area (Å²) in [5, 5.41) is 27.5. The molecule has 0 spiro atoms. The molecule has 23 heavy (non-hydrogen) atoms. The number of rotatable bonds is 3. The van der Waals surface area contributed by atoms with Crippen LogP contribution in [-0.4, -0.2) is 48.1 Å². The van der Waals surface area contributed by atoms with E-state index in [9.17, 15) is 28.2 Å². The van der Waals surface area contributed by atoms with Crippen LogP contribution in [0.25, 0.3) is 0 Å². The van der Waals surface area contributed by atoms with Gasteiger partial charge in [0, 0.05) is 12.1 Å². The van der Waals surface area contributed by atoms with Gasteiger partial charge in [0.25, 0.3) is 0 Å². The summed E-state index contributed by atoms with van der Waals surface area (Å²) in [5.74, 6) is -2.01. The van der Waals surface area contributed by atoms with E-state index in [1.165, 1.54) is 0 Å². The summed E-state index contributed by atoms with van der Waals surface area (Å²) in [6.07, 6.45) is 0. The monoisotopic (exact) mass is 341 g/mol. The molecule has 6 N–H and O–H groups in total. The number of nitrogens with two attached hydrogens (primary N) is 1. The van der Waals surface area contributed by atoms with E-state index in [-0.39, 0.29) is 17.8 Å². The maximum atomic E-state index is 11.8. The fraction of sp³-hybridized carbons (Fsp3) is 0.182. The van der Waals surface area contributed by atoms with Crippen LogP contribution >= 0.6 is 0 Å². The van der Waals surface area contributed by atoms with Crippen molar-refractivity contribution in [2.75, 3.05) is 11.3 Å². The Kier molecular flexibility index (Phi) is 4.00. The minimum absolute atomic E-state index is 0.121. The Labute approximate surface area is 130 Å². The van der Waals surface area contributed by atoms with E-state index in [0.717, 1.165) is 12.1 Å². The van der Waals surface area contributed by atoms with Gasteiger partial charge in [-0.25, -0.2) is 9.52 Å². The average molecular weight is 341 g/mol.